The van der Waals surface area contributed by atoms with Crippen LogP contribution in [0.25, 0.3) is 11.1 Å². The number of pyridine rings is 1. The minimum absolute atomic E-state index is 0.00444. The maximum atomic E-state index is 13.2. The Morgan fingerprint density at radius 2 is 2.12 bits per heavy atom. The molecule has 3 atom stereocenters. The lowest BCUT2D eigenvalue weighted by atomic mass is 10.0. The highest BCUT2D eigenvalue weighted by atomic mass is 35.5. The number of fused-ring (bicyclic) bond motifs is 2. The van der Waals surface area contributed by atoms with E-state index < -0.39 is 47.0 Å². The van der Waals surface area contributed by atoms with E-state index in [4.69, 9.17) is 37.4 Å². The van der Waals surface area contributed by atoms with Gasteiger partial charge in [-0.3, -0.25) is 14.5 Å². The Labute approximate surface area is 242 Å². The summed E-state index contributed by atoms with van der Waals surface area (Å²) in [7, 11) is 0. The number of nitrogen functional groups attached to an aromatic ring is 2. The number of oxazole rings is 1. The molecule has 2 aliphatic rings. The molecule has 1 fully saturated rings. The van der Waals surface area contributed by atoms with Crippen LogP contribution in [0.4, 0.5) is 11.1 Å². The summed E-state index contributed by atoms with van der Waals surface area (Å²) in [5.74, 6) is -4.03. The SMILES string of the molecule is C[C@H](O/N=C(\C(=O)N[C@@H]1C(=O)N2C(C(=O)O)=C(C[n+]3ccc4nc(N)oc4c3)CSC12)c1nc(N)sc1Cl)C(=O)O. The lowest BCUT2D eigenvalue weighted by Gasteiger charge is -2.49. The lowest BCUT2D eigenvalue weighted by molar-refractivity contribution is -0.688. The van der Waals surface area contributed by atoms with Crippen molar-refractivity contribution in [2.45, 2.75) is 31.0 Å². The van der Waals surface area contributed by atoms with Crippen molar-refractivity contribution in [1.29, 1.82) is 0 Å². The van der Waals surface area contributed by atoms with Gasteiger partial charge in [0.2, 0.25) is 17.9 Å². The minimum Gasteiger partial charge on any atom is -0.478 e. The second-order valence-electron chi connectivity index (χ2n) is 8.74. The van der Waals surface area contributed by atoms with Crippen LogP contribution in [0.2, 0.25) is 4.34 Å². The van der Waals surface area contributed by atoms with Gasteiger partial charge in [0.25, 0.3) is 17.8 Å². The van der Waals surface area contributed by atoms with Crippen molar-refractivity contribution < 1.29 is 43.2 Å². The zero-order valence-electron chi connectivity index (χ0n) is 20.8. The number of rotatable bonds is 9. The summed E-state index contributed by atoms with van der Waals surface area (Å²) in [4.78, 5) is 63.7. The zero-order chi connectivity index (χ0) is 29.6. The van der Waals surface area contributed by atoms with Crippen LogP contribution in [0.1, 0.15) is 12.6 Å². The number of amides is 2. The Balaban J connectivity index is 1.37. The van der Waals surface area contributed by atoms with E-state index in [0.29, 0.717) is 16.7 Å². The van der Waals surface area contributed by atoms with Crippen LogP contribution in [0, 0.1) is 0 Å². The number of aromatic nitrogens is 3. The molecular weight excluding hydrogens is 604 g/mol. The van der Waals surface area contributed by atoms with Gasteiger partial charge in [-0.05, 0) is 6.92 Å². The van der Waals surface area contributed by atoms with Gasteiger partial charge >= 0.3 is 11.9 Å². The van der Waals surface area contributed by atoms with Gasteiger partial charge in [0.1, 0.15) is 32.7 Å². The average molecular weight is 624 g/mol. The molecule has 0 bridgehead atoms. The number of thioether (sulfide) groups is 1. The molecule has 16 nitrogen and oxygen atoms in total. The molecule has 0 aliphatic carbocycles. The first-order valence-corrected chi connectivity index (χ1v) is 13.8. The Morgan fingerprint density at radius 3 is 2.78 bits per heavy atom. The van der Waals surface area contributed by atoms with Crippen molar-refractivity contribution in [1.82, 2.24) is 20.2 Å². The quantitative estimate of drug-likeness (QED) is 0.0915. The van der Waals surface area contributed by atoms with Crippen LogP contribution in [-0.2, 0) is 30.6 Å². The van der Waals surface area contributed by atoms with Crippen LogP contribution < -0.4 is 21.4 Å². The van der Waals surface area contributed by atoms with E-state index in [9.17, 15) is 24.3 Å². The average Bonchev–Trinajstić information content (AvgIpc) is 3.45. The Morgan fingerprint density at radius 1 is 1.37 bits per heavy atom. The molecule has 0 spiro atoms. The smallest absolute Gasteiger partial charge is 0.352 e. The zero-order valence-corrected chi connectivity index (χ0v) is 23.2. The molecule has 0 radical (unpaired) electrons. The third-order valence-corrected chi connectivity index (χ3v) is 8.43. The van der Waals surface area contributed by atoms with E-state index in [-0.39, 0.29) is 39.2 Å². The summed E-state index contributed by atoms with van der Waals surface area (Å²) >= 11 is 8.23. The number of hydrogen-bond acceptors (Lipinski definition) is 13. The van der Waals surface area contributed by atoms with Gasteiger partial charge < -0.3 is 36.3 Å². The molecule has 2 aliphatic heterocycles. The topological polar surface area (TPSA) is 240 Å². The molecule has 41 heavy (non-hydrogen) atoms. The highest BCUT2D eigenvalue weighted by molar-refractivity contribution is 8.00. The van der Waals surface area contributed by atoms with Crippen molar-refractivity contribution in [2.75, 3.05) is 17.2 Å². The van der Waals surface area contributed by atoms with Crippen molar-refractivity contribution in [3.63, 3.8) is 0 Å². The van der Waals surface area contributed by atoms with Crippen molar-refractivity contribution >= 4 is 86.4 Å². The van der Waals surface area contributed by atoms with Crippen LogP contribution in [-0.4, -0.2) is 77.8 Å². The normalized spacial score (nSPS) is 19.5. The fourth-order valence-corrected chi connectivity index (χ4v) is 6.36. The fourth-order valence-electron chi connectivity index (χ4n) is 4.10. The largest absolute Gasteiger partial charge is 0.478 e. The number of halogens is 1. The summed E-state index contributed by atoms with van der Waals surface area (Å²) in [6, 6.07) is 0.536. The fraction of sp³-hybridized carbons (Fsp3) is 0.273. The van der Waals surface area contributed by atoms with E-state index in [1.54, 1.807) is 23.0 Å². The summed E-state index contributed by atoms with van der Waals surface area (Å²) < 4.78 is 7.00. The number of nitrogens with zero attached hydrogens (tertiary/aromatic N) is 5. The predicted octanol–water partition coefficient (Wildman–Crippen LogP) is 0.0222. The third kappa shape index (κ3) is 5.35. The molecule has 19 heteroatoms. The molecule has 5 heterocycles. The molecule has 214 valence electrons. The molecule has 2 amide bonds. The van der Waals surface area contributed by atoms with Gasteiger partial charge in [-0.1, -0.05) is 28.1 Å². The number of carboxylic acid groups (broad SMARTS) is 2. The molecule has 3 aromatic heterocycles. The number of anilines is 2. The van der Waals surface area contributed by atoms with Gasteiger partial charge in [-0.25, -0.2) is 14.6 Å². The Bertz CT molecular complexity index is 1670. The van der Waals surface area contributed by atoms with Crippen molar-refractivity contribution in [3.8, 4) is 0 Å². The van der Waals surface area contributed by atoms with Gasteiger partial charge in [0, 0.05) is 17.4 Å². The highest BCUT2D eigenvalue weighted by Gasteiger charge is 2.55. The second-order valence-corrected chi connectivity index (χ2v) is 11.5. The van der Waals surface area contributed by atoms with Gasteiger partial charge in [0.15, 0.2) is 23.6 Å². The van der Waals surface area contributed by atoms with Gasteiger partial charge in [-0.15, -0.1) is 11.8 Å². The lowest BCUT2D eigenvalue weighted by Crippen LogP contribution is -2.71. The number of β-lactam (4-membered cyclic amide) rings is 1. The van der Waals surface area contributed by atoms with Crippen LogP contribution >= 0.6 is 34.7 Å². The number of nitrogens with two attached hydrogens (primary N) is 2. The monoisotopic (exact) mass is 623 g/mol. The first-order valence-electron chi connectivity index (χ1n) is 11.6. The number of hydrogen-bond donors (Lipinski definition) is 5. The molecule has 1 saturated heterocycles. The molecule has 0 aromatic carbocycles. The maximum Gasteiger partial charge on any atom is 0.352 e. The number of aliphatic carboxylic acids is 2. The van der Waals surface area contributed by atoms with E-state index in [0.717, 1.165) is 16.2 Å². The predicted molar refractivity (Wildman–Crippen MR) is 145 cm³/mol. The molecule has 7 N–H and O–H groups in total. The van der Waals surface area contributed by atoms with Crippen LogP contribution in [0.3, 0.4) is 0 Å². The summed E-state index contributed by atoms with van der Waals surface area (Å²) in [6.07, 6.45) is 1.88. The Kier molecular flexibility index (Phi) is 7.45. The maximum absolute atomic E-state index is 13.2. The number of nitrogens with one attached hydrogen (secondary N) is 1. The number of oxime groups is 1. The van der Waals surface area contributed by atoms with E-state index in [1.165, 1.54) is 18.7 Å². The first-order chi connectivity index (χ1) is 19.4. The summed E-state index contributed by atoms with van der Waals surface area (Å²) in [5.41, 5.74) is 11.8. The van der Waals surface area contributed by atoms with Crippen molar-refractivity contribution in [3.05, 3.63) is 39.8 Å². The van der Waals surface area contributed by atoms with Gasteiger partial charge in [0.05, 0.1) is 0 Å². The summed E-state index contributed by atoms with van der Waals surface area (Å²) in [5, 5.41) is 24.5. The molecule has 3 aromatic rings. The first kappa shape index (κ1) is 28.1. The third-order valence-electron chi connectivity index (χ3n) is 6.01. The number of thiazole rings is 1. The van der Waals surface area contributed by atoms with E-state index in [2.05, 4.69) is 20.4 Å². The molecular formula is C22H20ClN8O8S2+. The van der Waals surface area contributed by atoms with E-state index >= 15 is 0 Å². The highest BCUT2D eigenvalue weighted by Crippen LogP contribution is 2.40. The molecule has 1 unspecified atom stereocenters. The molecule has 5 rings (SSSR count). The molecule has 0 saturated carbocycles. The van der Waals surface area contributed by atoms with Crippen LogP contribution in [0.15, 0.2) is 39.3 Å². The summed E-state index contributed by atoms with van der Waals surface area (Å²) in [6.45, 7) is 1.33. The second kappa shape index (κ2) is 10.9. The number of carbonyl (C=O) groups is 4. The number of carboxylic acids is 2. The van der Waals surface area contributed by atoms with Crippen LogP contribution in [0.5, 0.6) is 0 Å². The Hall–Kier alpha value is -4.42. The number of carbonyl (C=O) groups excluding carboxylic acids is 2. The van der Waals surface area contributed by atoms with Gasteiger partial charge in [-0.2, -0.15) is 9.55 Å². The minimum atomic E-state index is -1.41. The van der Waals surface area contributed by atoms with E-state index in [1.807, 2.05) is 0 Å². The van der Waals surface area contributed by atoms with Crippen molar-refractivity contribution in [2.24, 2.45) is 5.16 Å². The standard InChI is InChI=1S/C22H19ClN8O8S2/c1-7(19(34)35)39-29-12(11-15(23)41-22(25)28-11)16(32)27-13-17(33)31-14(20(36)37)8(6-40-18(13)31)4-30-3-2-9-10(5-30)38-21(24)26-9/h2-3,5,7,13,18,24H,4,6H2,1H3,(H5,25,27,28,32,34,35,36,37)/p+1/b29-12-/t7-,13+,18?/m0/s1.